The minimum absolute atomic E-state index is 0.133. The number of thiazole rings is 2. The zero-order chi connectivity index (χ0) is 33.2. The molecule has 4 aromatic carbocycles. The third-order valence-electron chi connectivity index (χ3n) is 9.21. The second-order valence-electron chi connectivity index (χ2n) is 12.5. The van der Waals surface area contributed by atoms with E-state index < -0.39 is 0 Å². The van der Waals surface area contributed by atoms with Crippen LogP contribution in [0.3, 0.4) is 0 Å². The Morgan fingerprint density at radius 3 is 1.37 bits per heavy atom. The Kier molecular flexibility index (Phi) is 8.76. The van der Waals surface area contributed by atoms with Crippen LogP contribution in [0.2, 0.25) is 0 Å². The van der Waals surface area contributed by atoms with Gasteiger partial charge in [0, 0.05) is 33.0 Å². The third kappa shape index (κ3) is 7.04. The SMILES string of the molecule is O=C(Nc1nc(-c2ccc(Oc3ccc(-c4csc(NC(=O)c5ccc6c(c5)CCCC6)n4)cc3)cc2)cs1)c1ccc2c(c1)CCCC2. The molecule has 0 saturated heterocycles. The molecule has 49 heavy (non-hydrogen) atoms. The van der Waals surface area contributed by atoms with Crippen molar-refractivity contribution in [2.45, 2.75) is 51.4 Å². The van der Waals surface area contributed by atoms with Crippen LogP contribution in [-0.4, -0.2) is 21.8 Å². The normalized spacial score (nSPS) is 13.6. The van der Waals surface area contributed by atoms with Crippen LogP contribution in [0.1, 0.15) is 68.7 Å². The Morgan fingerprint density at radius 1 is 0.531 bits per heavy atom. The Balaban J connectivity index is 0.861. The number of amides is 2. The van der Waals surface area contributed by atoms with E-state index in [0.29, 0.717) is 32.9 Å². The summed E-state index contributed by atoms with van der Waals surface area (Å²) in [7, 11) is 0. The second kappa shape index (κ2) is 13.8. The molecule has 0 unspecified atom stereocenters. The summed E-state index contributed by atoms with van der Waals surface area (Å²) in [6.45, 7) is 0. The van der Waals surface area contributed by atoms with Gasteiger partial charge in [-0.25, -0.2) is 9.97 Å². The minimum Gasteiger partial charge on any atom is -0.457 e. The maximum atomic E-state index is 12.9. The predicted molar refractivity (Wildman–Crippen MR) is 197 cm³/mol. The predicted octanol–water partition coefficient (Wildman–Crippen LogP) is 9.99. The number of fused-ring (bicyclic) bond motifs is 2. The van der Waals surface area contributed by atoms with Gasteiger partial charge < -0.3 is 4.74 Å². The molecule has 2 aliphatic carbocycles. The number of carbonyl (C=O) groups excluding carboxylic acids is 2. The summed E-state index contributed by atoms with van der Waals surface area (Å²) in [6.07, 6.45) is 9.06. The summed E-state index contributed by atoms with van der Waals surface area (Å²) in [5.41, 5.74) is 10.1. The van der Waals surface area contributed by atoms with E-state index in [2.05, 4.69) is 32.7 Å². The first-order valence-electron chi connectivity index (χ1n) is 16.7. The Morgan fingerprint density at radius 2 is 0.939 bits per heavy atom. The van der Waals surface area contributed by atoms with Gasteiger partial charge in [-0.05, 0) is 146 Å². The molecule has 6 aromatic rings. The monoisotopic (exact) mass is 682 g/mol. The van der Waals surface area contributed by atoms with Gasteiger partial charge in [-0.1, -0.05) is 12.1 Å². The highest BCUT2D eigenvalue weighted by atomic mass is 32.1. The number of rotatable bonds is 8. The van der Waals surface area contributed by atoms with Crippen LogP contribution in [0.4, 0.5) is 10.3 Å². The Hall–Kier alpha value is -5.12. The van der Waals surface area contributed by atoms with Crippen LogP contribution >= 0.6 is 22.7 Å². The standard InChI is InChI=1S/C40H34N4O3S2/c45-37(31-11-9-25-5-1-3-7-29(25)21-31)43-39-41-35(23-48-39)27-13-17-33(18-14-27)47-34-19-15-28(16-20-34)36-24-49-40(42-36)44-38(46)32-12-10-26-6-2-4-8-30(26)22-32/h9-24H,1-8H2,(H,41,43,45)(H,42,44,46). The van der Waals surface area contributed by atoms with Crippen molar-refractivity contribution in [1.29, 1.82) is 0 Å². The first-order valence-corrected chi connectivity index (χ1v) is 18.5. The molecule has 0 fully saturated rings. The van der Waals surface area contributed by atoms with E-state index in [4.69, 9.17) is 4.74 Å². The van der Waals surface area contributed by atoms with Gasteiger partial charge in [-0.15, -0.1) is 22.7 Å². The molecule has 0 aliphatic heterocycles. The molecule has 2 aromatic heterocycles. The third-order valence-corrected chi connectivity index (χ3v) is 10.7. The van der Waals surface area contributed by atoms with Crippen LogP contribution in [-0.2, 0) is 25.7 Å². The average Bonchev–Trinajstić information content (AvgIpc) is 3.82. The fourth-order valence-corrected chi connectivity index (χ4v) is 7.97. The summed E-state index contributed by atoms with van der Waals surface area (Å²) in [4.78, 5) is 35.1. The topological polar surface area (TPSA) is 93.2 Å². The smallest absolute Gasteiger partial charge is 0.257 e. The van der Waals surface area contributed by atoms with Crippen molar-refractivity contribution >= 4 is 44.8 Å². The maximum Gasteiger partial charge on any atom is 0.257 e. The molecule has 0 spiro atoms. The van der Waals surface area contributed by atoms with Gasteiger partial charge in [0.25, 0.3) is 11.8 Å². The maximum absolute atomic E-state index is 12.9. The quantitative estimate of drug-likeness (QED) is 0.167. The first kappa shape index (κ1) is 31.2. The van der Waals surface area contributed by atoms with Gasteiger partial charge in [-0.3, -0.25) is 20.2 Å². The van der Waals surface area contributed by atoms with E-state index >= 15 is 0 Å². The molecule has 8 rings (SSSR count). The number of anilines is 2. The van der Waals surface area contributed by atoms with Crippen molar-refractivity contribution in [1.82, 2.24) is 9.97 Å². The Bertz CT molecular complexity index is 2000. The highest BCUT2D eigenvalue weighted by molar-refractivity contribution is 7.14. The van der Waals surface area contributed by atoms with Gasteiger partial charge in [0.05, 0.1) is 11.4 Å². The highest BCUT2D eigenvalue weighted by Gasteiger charge is 2.16. The minimum atomic E-state index is -0.133. The molecular weight excluding hydrogens is 649 g/mol. The summed E-state index contributed by atoms with van der Waals surface area (Å²) in [5.74, 6) is 1.14. The lowest BCUT2D eigenvalue weighted by atomic mass is 9.90. The largest absolute Gasteiger partial charge is 0.457 e. The second-order valence-corrected chi connectivity index (χ2v) is 14.2. The zero-order valence-corrected chi connectivity index (χ0v) is 28.5. The molecule has 2 aliphatic rings. The summed E-state index contributed by atoms with van der Waals surface area (Å²) < 4.78 is 6.10. The number of nitrogens with zero attached hydrogens (tertiary/aromatic N) is 2. The van der Waals surface area contributed by atoms with E-state index in [9.17, 15) is 9.59 Å². The van der Waals surface area contributed by atoms with E-state index in [-0.39, 0.29) is 11.8 Å². The molecule has 2 heterocycles. The van der Waals surface area contributed by atoms with Crippen molar-refractivity contribution < 1.29 is 14.3 Å². The van der Waals surface area contributed by atoms with Crippen molar-refractivity contribution in [3.05, 3.63) is 129 Å². The zero-order valence-electron chi connectivity index (χ0n) is 26.8. The number of hydrogen-bond acceptors (Lipinski definition) is 7. The van der Waals surface area contributed by atoms with Crippen LogP contribution in [0.5, 0.6) is 11.5 Å². The van der Waals surface area contributed by atoms with Crippen molar-refractivity contribution in [2.75, 3.05) is 10.6 Å². The fraction of sp³-hybridized carbons (Fsp3) is 0.200. The molecule has 9 heteroatoms. The van der Waals surface area contributed by atoms with Crippen molar-refractivity contribution in [2.24, 2.45) is 0 Å². The number of aromatic nitrogens is 2. The number of nitrogens with one attached hydrogen (secondary N) is 2. The lowest BCUT2D eigenvalue weighted by molar-refractivity contribution is 0.101. The molecule has 0 saturated carbocycles. The van der Waals surface area contributed by atoms with Gasteiger partial charge >= 0.3 is 0 Å². The van der Waals surface area contributed by atoms with E-state index in [0.717, 1.165) is 48.2 Å². The average molecular weight is 683 g/mol. The number of aryl methyl sites for hydroxylation is 4. The van der Waals surface area contributed by atoms with Crippen molar-refractivity contribution in [3.8, 4) is 34.0 Å². The molecule has 0 radical (unpaired) electrons. The number of hydrogen-bond donors (Lipinski definition) is 2. The van der Waals surface area contributed by atoms with Crippen molar-refractivity contribution in [3.63, 3.8) is 0 Å². The Labute approximate surface area is 293 Å². The van der Waals surface area contributed by atoms with E-state index in [1.54, 1.807) is 0 Å². The molecule has 2 amide bonds. The molecule has 0 atom stereocenters. The summed E-state index contributed by atoms with van der Waals surface area (Å²) >= 11 is 2.82. The summed E-state index contributed by atoms with van der Waals surface area (Å²) in [5, 5.41) is 11.0. The van der Waals surface area contributed by atoms with Gasteiger partial charge in [0.2, 0.25) is 0 Å². The van der Waals surface area contributed by atoms with Crippen LogP contribution in [0.15, 0.2) is 95.7 Å². The lowest BCUT2D eigenvalue weighted by Gasteiger charge is -2.16. The molecule has 244 valence electrons. The number of carbonyl (C=O) groups is 2. The molecule has 7 nitrogen and oxygen atoms in total. The number of ether oxygens (including phenoxy) is 1. The lowest BCUT2D eigenvalue weighted by Crippen LogP contribution is -2.13. The number of benzene rings is 4. The van der Waals surface area contributed by atoms with Crippen LogP contribution in [0, 0.1) is 0 Å². The van der Waals surface area contributed by atoms with Gasteiger partial charge in [0.1, 0.15) is 11.5 Å². The highest BCUT2D eigenvalue weighted by Crippen LogP contribution is 2.32. The summed E-state index contributed by atoms with van der Waals surface area (Å²) in [6, 6.07) is 27.5. The fourth-order valence-electron chi connectivity index (χ4n) is 6.54. The molecular formula is C40H34N4O3S2. The van der Waals surface area contributed by atoms with Gasteiger partial charge in [-0.2, -0.15) is 0 Å². The molecule has 0 bridgehead atoms. The van der Waals surface area contributed by atoms with E-state index in [1.807, 2.05) is 83.6 Å². The molecule has 2 N–H and O–H groups in total. The van der Waals surface area contributed by atoms with Gasteiger partial charge in [0.15, 0.2) is 10.3 Å². The first-order chi connectivity index (χ1) is 24.0. The van der Waals surface area contributed by atoms with E-state index in [1.165, 1.54) is 70.6 Å². The van der Waals surface area contributed by atoms with Crippen LogP contribution in [0.25, 0.3) is 22.5 Å². The van der Waals surface area contributed by atoms with Crippen LogP contribution < -0.4 is 15.4 Å².